The number of allylic oxidation sites excluding steroid dienone is 1. The van der Waals surface area contributed by atoms with Crippen molar-refractivity contribution in [2.75, 3.05) is 7.11 Å². The number of hydrogen-bond donors (Lipinski definition) is 1. The molecule has 4 nitrogen and oxygen atoms in total. The molecule has 4 aliphatic rings. The number of aromatic hydroxyl groups is 1. The Morgan fingerprint density at radius 3 is 2.50 bits per heavy atom. The predicted octanol–water partition coefficient (Wildman–Crippen LogP) is 10.4. The molecule has 244 valence electrons. The summed E-state index contributed by atoms with van der Waals surface area (Å²) >= 11 is 0. The number of phenolic OH excluding ortho intramolecular Hbond substituents is 1. The van der Waals surface area contributed by atoms with Crippen LogP contribution in [0, 0.1) is 51.8 Å². The van der Waals surface area contributed by atoms with Crippen molar-refractivity contribution in [2.24, 2.45) is 51.8 Å². The number of carbonyl (C=O) groups is 1. The first-order valence-corrected chi connectivity index (χ1v) is 17.8. The number of phenols is 1. The van der Waals surface area contributed by atoms with Crippen LogP contribution in [0.1, 0.15) is 125 Å². The molecule has 0 heterocycles. The van der Waals surface area contributed by atoms with Crippen LogP contribution in [-0.4, -0.2) is 24.3 Å². The third kappa shape index (κ3) is 6.01. The van der Waals surface area contributed by atoms with E-state index in [1.54, 1.807) is 29.8 Å². The summed E-state index contributed by atoms with van der Waals surface area (Å²) < 4.78 is 11.2. The Kier molecular flexibility index (Phi) is 9.70. The van der Waals surface area contributed by atoms with Gasteiger partial charge in [0.25, 0.3) is 0 Å². The Morgan fingerprint density at radius 2 is 1.80 bits per heavy atom. The minimum absolute atomic E-state index is 0.0615. The molecular weight excluding hydrogens is 544 g/mol. The highest BCUT2D eigenvalue weighted by Gasteiger charge is 2.64. The number of benzene rings is 1. The molecule has 0 spiro atoms. The highest BCUT2D eigenvalue weighted by molar-refractivity contribution is 5.87. The summed E-state index contributed by atoms with van der Waals surface area (Å²) in [5, 5.41) is 9.84. The number of hydrogen-bond acceptors (Lipinski definition) is 4. The summed E-state index contributed by atoms with van der Waals surface area (Å²) in [5.41, 5.74) is 3.37. The first-order valence-electron chi connectivity index (χ1n) is 17.8. The molecule has 0 bridgehead atoms. The molecule has 1 aromatic carbocycles. The average Bonchev–Trinajstić information content (AvgIpc) is 3.35. The first kappa shape index (κ1) is 33.1. The van der Waals surface area contributed by atoms with Crippen molar-refractivity contribution in [1.29, 1.82) is 0 Å². The van der Waals surface area contributed by atoms with Crippen LogP contribution >= 0.6 is 0 Å². The van der Waals surface area contributed by atoms with Crippen molar-refractivity contribution in [3.8, 4) is 11.5 Å². The lowest BCUT2D eigenvalue weighted by Crippen LogP contribution is -2.56. The van der Waals surface area contributed by atoms with Gasteiger partial charge in [-0.1, -0.05) is 79.0 Å². The molecule has 0 radical (unpaired) electrons. The van der Waals surface area contributed by atoms with Crippen molar-refractivity contribution in [3.63, 3.8) is 0 Å². The van der Waals surface area contributed by atoms with Gasteiger partial charge in [0, 0.05) is 12.5 Å². The lowest BCUT2D eigenvalue weighted by Gasteiger charge is -2.63. The number of carbonyl (C=O) groups excluding carboxylic acids is 1. The van der Waals surface area contributed by atoms with Gasteiger partial charge in [0.2, 0.25) is 0 Å². The summed E-state index contributed by atoms with van der Waals surface area (Å²) in [6.45, 7) is 17.7. The van der Waals surface area contributed by atoms with Gasteiger partial charge in [0.1, 0.15) is 6.10 Å². The van der Waals surface area contributed by atoms with Crippen molar-refractivity contribution in [3.05, 3.63) is 41.5 Å². The van der Waals surface area contributed by atoms with Gasteiger partial charge in [0.05, 0.1) is 7.11 Å². The van der Waals surface area contributed by atoms with E-state index in [0.717, 1.165) is 54.4 Å². The maximum Gasteiger partial charge on any atom is 0.331 e. The molecule has 4 aliphatic carbocycles. The number of esters is 1. The monoisotopic (exact) mass is 604 g/mol. The van der Waals surface area contributed by atoms with E-state index >= 15 is 0 Å². The number of rotatable bonds is 10. The fourth-order valence-electron chi connectivity index (χ4n) is 11.2. The van der Waals surface area contributed by atoms with Crippen molar-refractivity contribution < 1.29 is 19.4 Å². The van der Waals surface area contributed by atoms with E-state index in [-0.39, 0.29) is 23.2 Å². The minimum atomic E-state index is -0.301. The zero-order chi connectivity index (χ0) is 31.9. The van der Waals surface area contributed by atoms with Crippen molar-refractivity contribution >= 4 is 12.0 Å². The van der Waals surface area contributed by atoms with Gasteiger partial charge in [-0.3, -0.25) is 0 Å². The molecule has 0 aliphatic heterocycles. The van der Waals surface area contributed by atoms with E-state index in [9.17, 15) is 9.90 Å². The molecule has 3 saturated carbocycles. The smallest absolute Gasteiger partial charge is 0.331 e. The third-order valence-corrected chi connectivity index (χ3v) is 13.7. The van der Waals surface area contributed by atoms with E-state index in [1.165, 1.54) is 64.6 Å². The maximum atomic E-state index is 12.8. The third-order valence-electron chi connectivity index (χ3n) is 13.7. The molecule has 44 heavy (non-hydrogen) atoms. The molecule has 1 aromatic rings. The summed E-state index contributed by atoms with van der Waals surface area (Å²) in [5.74, 6) is 5.04. The van der Waals surface area contributed by atoms with E-state index in [0.29, 0.717) is 22.5 Å². The highest BCUT2D eigenvalue weighted by Crippen LogP contribution is 2.72. The van der Waals surface area contributed by atoms with E-state index in [1.807, 2.05) is 0 Å². The van der Waals surface area contributed by atoms with Crippen LogP contribution in [0.5, 0.6) is 11.5 Å². The highest BCUT2D eigenvalue weighted by atomic mass is 16.5. The zero-order valence-corrected chi connectivity index (χ0v) is 29.0. The molecule has 9 atom stereocenters. The van der Waals surface area contributed by atoms with E-state index in [4.69, 9.17) is 9.47 Å². The molecule has 1 unspecified atom stereocenters. The Morgan fingerprint density at radius 1 is 1.02 bits per heavy atom. The largest absolute Gasteiger partial charge is 0.504 e. The quantitative estimate of drug-likeness (QED) is 0.164. The van der Waals surface area contributed by atoms with Crippen LogP contribution in [0.2, 0.25) is 0 Å². The second-order valence-electron chi connectivity index (χ2n) is 16.2. The van der Waals surface area contributed by atoms with Gasteiger partial charge in [-0.05, 0) is 127 Å². The van der Waals surface area contributed by atoms with E-state index in [2.05, 4.69) is 54.5 Å². The SMILES string of the molecule is CC[C@H](CC[C@@H](C)[C@H]1CC[C@H]2[C@]1(C)CC[C@@H]1[C@@]2(C)CC=C2CC(OC(=O)/C=C/c3ccc(O)c(OC)c3)CC[C@]21C)C(C)C. The Hall–Kier alpha value is -2.23. The molecule has 4 heteroatoms. The van der Waals surface area contributed by atoms with Gasteiger partial charge in [-0.15, -0.1) is 0 Å². The maximum absolute atomic E-state index is 12.8. The summed E-state index contributed by atoms with van der Waals surface area (Å²) in [6.07, 6.45) is 19.5. The van der Waals surface area contributed by atoms with Crippen LogP contribution in [0.15, 0.2) is 35.9 Å². The number of ether oxygens (including phenoxy) is 2. The van der Waals surface area contributed by atoms with Crippen LogP contribution in [0.3, 0.4) is 0 Å². The summed E-state index contributed by atoms with van der Waals surface area (Å²) in [6, 6.07) is 5.05. The lowest BCUT2D eigenvalue weighted by molar-refractivity contribution is -0.147. The van der Waals surface area contributed by atoms with Gasteiger partial charge in [-0.2, -0.15) is 0 Å². The molecule has 0 aromatic heterocycles. The predicted molar refractivity (Wildman–Crippen MR) is 180 cm³/mol. The van der Waals surface area contributed by atoms with Crippen molar-refractivity contribution in [2.45, 2.75) is 125 Å². The van der Waals surface area contributed by atoms with Crippen LogP contribution < -0.4 is 4.74 Å². The first-order chi connectivity index (χ1) is 20.9. The molecule has 1 N–H and O–H groups in total. The second-order valence-corrected chi connectivity index (χ2v) is 16.2. The molecule has 0 saturated heterocycles. The van der Waals surface area contributed by atoms with Crippen LogP contribution in [0.4, 0.5) is 0 Å². The van der Waals surface area contributed by atoms with Crippen LogP contribution in [0.25, 0.3) is 6.08 Å². The Labute approximate surface area is 268 Å². The normalized spacial score (nSPS) is 36.2. The number of methoxy groups -OCH3 is 1. The summed E-state index contributed by atoms with van der Waals surface area (Å²) in [7, 11) is 1.52. The zero-order valence-electron chi connectivity index (χ0n) is 29.0. The number of fused-ring (bicyclic) bond motifs is 5. The molecule has 0 amide bonds. The van der Waals surface area contributed by atoms with Gasteiger partial charge in [0.15, 0.2) is 11.5 Å². The fraction of sp³-hybridized carbons (Fsp3) is 0.725. The lowest BCUT2D eigenvalue weighted by atomic mass is 9.41. The van der Waals surface area contributed by atoms with Gasteiger partial charge in [-0.25, -0.2) is 4.79 Å². The Balaban J connectivity index is 1.24. The average molecular weight is 605 g/mol. The molecule has 3 fully saturated rings. The standard InChI is InChI=1S/C40H60O4/c1-9-29(26(2)3)13-10-27(4)32-14-16-35-39(32,6)23-20-36-38(5)22-19-31(25-30(38)18-21-40(35,36)7)44-37(42)17-12-28-11-15-33(41)34(24-28)43-8/h11-12,15,17-18,24,26-27,29,31-32,35-36,41H,9-10,13-14,16,19-23,25H2,1-8H3/b17-12+/t27-,29-,31?,32-,35+,36+,38-,39-,40+/m1/s1. The fourth-order valence-corrected chi connectivity index (χ4v) is 11.2. The second kappa shape index (κ2) is 12.9. The molecule has 5 rings (SSSR count). The minimum Gasteiger partial charge on any atom is -0.504 e. The van der Waals surface area contributed by atoms with Gasteiger partial charge >= 0.3 is 5.97 Å². The van der Waals surface area contributed by atoms with Gasteiger partial charge < -0.3 is 14.6 Å². The topological polar surface area (TPSA) is 55.8 Å². The van der Waals surface area contributed by atoms with Crippen LogP contribution in [-0.2, 0) is 9.53 Å². The van der Waals surface area contributed by atoms with E-state index < -0.39 is 0 Å². The molecular formula is C40H60O4. The van der Waals surface area contributed by atoms with Crippen molar-refractivity contribution in [1.82, 2.24) is 0 Å². The summed E-state index contributed by atoms with van der Waals surface area (Å²) in [4.78, 5) is 12.8. The Bertz CT molecular complexity index is 1250.